The number of likely N-dealkylation sites (tertiary alicyclic amines) is 1. The summed E-state index contributed by atoms with van der Waals surface area (Å²) in [4.78, 5) is 5.89. The molecular formula is C21H17BrF3N5O. The standard InChI is InChI=1S/C21H17BrF3N5O/c22-14-4-1-12-2-5-16(26-17(12)9-14)20-28-27-18-6-3-13(10-30(18)20)19(21(23,24)25)29-8-7-15(31)11-29/h1-6,9-10,15,19,31H,7-8,11H2/t15-,19+/m0/s1. The lowest BCUT2D eigenvalue weighted by atomic mass is 10.1. The number of aromatic nitrogens is 4. The summed E-state index contributed by atoms with van der Waals surface area (Å²) in [6.07, 6.45) is -3.50. The van der Waals surface area contributed by atoms with E-state index < -0.39 is 18.3 Å². The Morgan fingerprint density at radius 2 is 1.90 bits per heavy atom. The summed E-state index contributed by atoms with van der Waals surface area (Å²) in [5, 5.41) is 19.0. The van der Waals surface area contributed by atoms with Gasteiger partial charge in [0.05, 0.1) is 11.6 Å². The predicted octanol–water partition coefficient (Wildman–Crippen LogP) is 4.38. The molecule has 0 saturated carbocycles. The highest BCUT2D eigenvalue weighted by Gasteiger charge is 2.46. The van der Waals surface area contributed by atoms with E-state index in [1.165, 1.54) is 27.6 Å². The third-order valence-electron chi connectivity index (χ3n) is 5.49. The summed E-state index contributed by atoms with van der Waals surface area (Å²) >= 11 is 3.42. The fourth-order valence-electron chi connectivity index (χ4n) is 4.07. The van der Waals surface area contributed by atoms with Crippen LogP contribution in [-0.4, -0.2) is 55.0 Å². The lowest BCUT2D eigenvalue weighted by Crippen LogP contribution is -2.37. The van der Waals surface area contributed by atoms with Gasteiger partial charge in [0, 0.05) is 29.1 Å². The highest BCUT2D eigenvalue weighted by Crippen LogP contribution is 2.39. The molecule has 3 aromatic heterocycles. The maximum absolute atomic E-state index is 14.0. The van der Waals surface area contributed by atoms with Crippen molar-refractivity contribution in [3.63, 3.8) is 0 Å². The Balaban J connectivity index is 1.61. The van der Waals surface area contributed by atoms with Gasteiger partial charge in [-0.3, -0.25) is 9.30 Å². The number of rotatable bonds is 3. The average molecular weight is 492 g/mol. The van der Waals surface area contributed by atoms with Gasteiger partial charge >= 0.3 is 6.18 Å². The SMILES string of the molecule is O[C@H]1CCN([C@H](c2ccc3nnc(-c4ccc5ccc(Br)cc5n4)n3c2)C(F)(F)F)C1. The molecule has 0 aliphatic carbocycles. The van der Waals surface area contributed by atoms with Crippen LogP contribution in [0.1, 0.15) is 18.0 Å². The second-order valence-corrected chi connectivity index (χ2v) is 8.55. The molecule has 0 spiro atoms. The summed E-state index contributed by atoms with van der Waals surface area (Å²) in [6.45, 7) is 0.165. The van der Waals surface area contributed by atoms with Crippen molar-refractivity contribution in [3.8, 4) is 11.5 Å². The Labute approximate surface area is 183 Å². The van der Waals surface area contributed by atoms with E-state index in [1.54, 1.807) is 6.07 Å². The van der Waals surface area contributed by atoms with Crippen molar-refractivity contribution >= 4 is 32.5 Å². The monoisotopic (exact) mass is 491 g/mol. The second-order valence-electron chi connectivity index (χ2n) is 7.63. The highest BCUT2D eigenvalue weighted by molar-refractivity contribution is 9.10. The number of benzene rings is 1. The molecule has 5 rings (SSSR count). The Kier molecular flexibility index (Phi) is 4.95. The summed E-state index contributed by atoms with van der Waals surface area (Å²) in [5.41, 5.74) is 1.74. The average Bonchev–Trinajstić information content (AvgIpc) is 3.32. The molecule has 4 aromatic rings. The minimum Gasteiger partial charge on any atom is -0.392 e. The molecule has 1 saturated heterocycles. The maximum Gasteiger partial charge on any atom is 0.408 e. The van der Waals surface area contributed by atoms with E-state index in [-0.39, 0.29) is 18.7 Å². The largest absolute Gasteiger partial charge is 0.408 e. The predicted molar refractivity (Wildman–Crippen MR) is 112 cm³/mol. The van der Waals surface area contributed by atoms with E-state index in [1.807, 2.05) is 24.3 Å². The number of β-amino-alcohol motifs (C(OH)–C–C–N with tert-alkyl or cyclic N) is 1. The van der Waals surface area contributed by atoms with E-state index >= 15 is 0 Å². The van der Waals surface area contributed by atoms with E-state index in [2.05, 4.69) is 31.1 Å². The van der Waals surface area contributed by atoms with Gasteiger partial charge < -0.3 is 5.11 Å². The molecule has 10 heteroatoms. The number of nitrogens with zero attached hydrogens (tertiary/aromatic N) is 5. The van der Waals surface area contributed by atoms with E-state index in [9.17, 15) is 18.3 Å². The van der Waals surface area contributed by atoms with Gasteiger partial charge in [0.2, 0.25) is 0 Å². The Morgan fingerprint density at radius 3 is 2.65 bits per heavy atom. The van der Waals surface area contributed by atoms with Crippen LogP contribution in [0.25, 0.3) is 28.1 Å². The van der Waals surface area contributed by atoms with Crippen LogP contribution in [-0.2, 0) is 0 Å². The Morgan fingerprint density at radius 1 is 1.10 bits per heavy atom. The minimum absolute atomic E-state index is 0.0155. The lowest BCUT2D eigenvalue weighted by molar-refractivity contribution is -0.184. The van der Waals surface area contributed by atoms with Crippen LogP contribution in [0.5, 0.6) is 0 Å². The molecule has 2 atom stereocenters. The molecule has 0 bridgehead atoms. The van der Waals surface area contributed by atoms with Gasteiger partial charge in [-0.05, 0) is 36.2 Å². The Hall–Kier alpha value is -2.56. The second kappa shape index (κ2) is 7.54. The van der Waals surface area contributed by atoms with E-state index in [0.29, 0.717) is 23.6 Å². The zero-order valence-electron chi connectivity index (χ0n) is 16.1. The molecule has 6 nitrogen and oxygen atoms in total. The maximum atomic E-state index is 14.0. The van der Waals surface area contributed by atoms with Gasteiger partial charge in [-0.2, -0.15) is 13.2 Å². The first-order valence-corrected chi connectivity index (χ1v) is 10.5. The Bertz CT molecular complexity index is 1280. The van der Waals surface area contributed by atoms with Crippen molar-refractivity contribution in [2.45, 2.75) is 24.7 Å². The van der Waals surface area contributed by atoms with Gasteiger partial charge in [0.1, 0.15) is 11.7 Å². The molecule has 0 radical (unpaired) electrons. The molecule has 1 aliphatic rings. The van der Waals surface area contributed by atoms with Crippen LogP contribution < -0.4 is 0 Å². The van der Waals surface area contributed by atoms with Crippen LogP contribution in [0.3, 0.4) is 0 Å². The fourth-order valence-corrected chi connectivity index (χ4v) is 4.42. The molecule has 4 heterocycles. The highest BCUT2D eigenvalue weighted by atomic mass is 79.9. The van der Waals surface area contributed by atoms with Crippen molar-refractivity contribution < 1.29 is 18.3 Å². The van der Waals surface area contributed by atoms with Crippen LogP contribution >= 0.6 is 15.9 Å². The quantitative estimate of drug-likeness (QED) is 0.460. The number of alkyl halides is 3. The number of fused-ring (bicyclic) bond motifs is 2. The van der Waals surface area contributed by atoms with Crippen molar-refractivity contribution in [1.29, 1.82) is 0 Å². The summed E-state index contributed by atoms with van der Waals surface area (Å²) in [5.74, 6) is 0.362. The smallest absolute Gasteiger partial charge is 0.392 e. The third kappa shape index (κ3) is 3.79. The molecule has 31 heavy (non-hydrogen) atoms. The molecule has 160 valence electrons. The van der Waals surface area contributed by atoms with Gasteiger partial charge in [-0.25, -0.2) is 4.98 Å². The fraction of sp³-hybridized carbons (Fsp3) is 0.286. The number of pyridine rings is 2. The number of aliphatic hydroxyl groups excluding tert-OH is 1. The van der Waals surface area contributed by atoms with Crippen molar-refractivity contribution in [2.24, 2.45) is 0 Å². The van der Waals surface area contributed by atoms with Crippen LogP contribution in [0.2, 0.25) is 0 Å². The molecule has 0 amide bonds. The van der Waals surface area contributed by atoms with Gasteiger partial charge in [-0.1, -0.05) is 34.1 Å². The molecular weight excluding hydrogens is 475 g/mol. The van der Waals surface area contributed by atoms with Crippen molar-refractivity contribution in [3.05, 3.63) is 58.7 Å². The first-order valence-electron chi connectivity index (χ1n) is 9.70. The molecule has 1 aliphatic heterocycles. The minimum atomic E-state index is -4.49. The number of halogens is 4. The van der Waals surface area contributed by atoms with Crippen molar-refractivity contribution in [2.75, 3.05) is 13.1 Å². The summed E-state index contributed by atoms with van der Waals surface area (Å²) in [7, 11) is 0. The first-order chi connectivity index (χ1) is 14.8. The number of aliphatic hydroxyl groups is 1. The van der Waals surface area contributed by atoms with E-state index in [4.69, 9.17) is 0 Å². The molecule has 1 N–H and O–H groups in total. The first kappa shape index (κ1) is 20.3. The number of hydrogen-bond acceptors (Lipinski definition) is 5. The third-order valence-corrected chi connectivity index (χ3v) is 5.99. The van der Waals surface area contributed by atoms with Crippen LogP contribution in [0.4, 0.5) is 13.2 Å². The van der Waals surface area contributed by atoms with Gasteiger partial charge in [0.15, 0.2) is 11.5 Å². The lowest BCUT2D eigenvalue weighted by Gasteiger charge is -2.29. The molecule has 1 aromatic carbocycles. The van der Waals surface area contributed by atoms with Gasteiger partial charge in [-0.15, -0.1) is 10.2 Å². The summed E-state index contributed by atoms with van der Waals surface area (Å²) in [6, 6.07) is 10.5. The zero-order chi connectivity index (χ0) is 21.8. The van der Waals surface area contributed by atoms with Gasteiger partial charge in [0.25, 0.3) is 0 Å². The zero-order valence-corrected chi connectivity index (χ0v) is 17.7. The van der Waals surface area contributed by atoms with Crippen molar-refractivity contribution in [1.82, 2.24) is 24.5 Å². The van der Waals surface area contributed by atoms with Crippen LogP contribution in [0.15, 0.2) is 53.1 Å². The van der Waals surface area contributed by atoms with Crippen LogP contribution in [0, 0.1) is 0 Å². The molecule has 1 fully saturated rings. The summed E-state index contributed by atoms with van der Waals surface area (Å²) < 4.78 is 44.3. The van der Waals surface area contributed by atoms with E-state index in [0.717, 1.165) is 15.4 Å². The number of hydrogen-bond donors (Lipinski definition) is 1. The molecule has 0 unspecified atom stereocenters. The topological polar surface area (TPSA) is 66.5 Å². The normalized spacial score (nSPS) is 18.8.